The van der Waals surface area contributed by atoms with Gasteiger partial charge in [0.25, 0.3) is 0 Å². The first kappa shape index (κ1) is 21.0. The molecule has 4 rings (SSSR count). The molecule has 0 aliphatic rings. The molecule has 2 amide bonds. The van der Waals surface area contributed by atoms with Crippen molar-refractivity contribution in [2.75, 3.05) is 11.1 Å². The van der Waals surface area contributed by atoms with Gasteiger partial charge in [0.15, 0.2) is 5.82 Å². The molecule has 3 aromatic carbocycles. The first-order chi connectivity index (χ1) is 15.0. The number of nitrogens with one attached hydrogen (secondary N) is 1. The molecule has 0 bridgehead atoms. The van der Waals surface area contributed by atoms with Crippen LogP contribution in [-0.2, 0) is 4.79 Å². The zero-order valence-electron chi connectivity index (χ0n) is 16.2. The SMILES string of the molecule is NC(=O)c1ccc(NC(=O)CSc2nc(-c3ccc(Br)cc3)nc3ccccc23)cc1. The topological polar surface area (TPSA) is 98.0 Å². The Morgan fingerprint density at radius 2 is 1.65 bits per heavy atom. The number of primary amides is 1. The fourth-order valence-electron chi connectivity index (χ4n) is 2.93. The lowest BCUT2D eigenvalue weighted by atomic mass is 10.2. The maximum Gasteiger partial charge on any atom is 0.248 e. The van der Waals surface area contributed by atoms with Crippen molar-refractivity contribution in [1.82, 2.24) is 9.97 Å². The van der Waals surface area contributed by atoms with Crippen molar-refractivity contribution in [3.63, 3.8) is 0 Å². The number of thioether (sulfide) groups is 1. The van der Waals surface area contributed by atoms with Crippen molar-refractivity contribution in [3.8, 4) is 11.4 Å². The first-order valence-corrected chi connectivity index (χ1v) is 11.1. The minimum atomic E-state index is -0.509. The third-order valence-electron chi connectivity index (χ3n) is 4.46. The van der Waals surface area contributed by atoms with Gasteiger partial charge < -0.3 is 11.1 Å². The van der Waals surface area contributed by atoms with Gasteiger partial charge in [0.1, 0.15) is 5.03 Å². The highest BCUT2D eigenvalue weighted by Gasteiger charge is 2.12. The van der Waals surface area contributed by atoms with E-state index in [1.54, 1.807) is 24.3 Å². The molecular formula is C23H17BrN4O2S. The third kappa shape index (κ3) is 5.10. The van der Waals surface area contributed by atoms with E-state index in [-0.39, 0.29) is 11.7 Å². The number of aromatic nitrogens is 2. The summed E-state index contributed by atoms with van der Waals surface area (Å²) in [6.07, 6.45) is 0. The Balaban J connectivity index is 1.53. The molecule has 154 valence electrons. The van der Waals surface area contributed by atoms with Crippen LogP contribution in [-0.4, -0.2) is 27.5 Å². The predicted molar refractivity (Wildman–Crippen MR) is 127 cm³/mol. The number of hydrogen-bond acceptors (Lipinski definition) is 5. The van der Waals surface area contributed by atoms with E-state index in [2.05, 4.69) is 26.2 Å². The highest BCUT2D eigenvalue weighted by Crippen LogP contribution is 2.29. The summed E-state index contributed by atoms with van der Waals surface area (Å²) >= 11 is 4.79. The van der Waals surface area contributed by atoms with Gasteiger partial charge in [-0.05, 0) is 42.5 Å². The second-order valence-corrected chi connectivity index (χ2v) is 8.53. The number of carbonyl (C=O) groups excluding carboxylic acids is 2. The molecule has 0 aliphatic carbocycles. The molecule has 0 radical (unpaired) electrons. The molecule has 0 aliphatic heterocycles. The minimum absolute atomic E-state index is 0.176. The van der Waals surface area contributed by atoms with Crippen LogP contribution < -0.4 is 11.1 Å². The number of hydrogen-bond donors (Lipinski definition) is 2. The summed E-state index contributed by atoms with van der Waals surface area (Å²) in [7, 11) is 0. The lowest BCUT2D eigenvalue weighted by Crippen LogP contribution is -2.15. The number of para-hydroxylation sites is 1. The van der Waals surface area contributed by atoms with E-state index in [9.17, 15) is 9.59 Å². The lowest BCUT2D eigenvalue weighted by molar-refractivity contribution is -0.113. The molecule has 0 atom stereocenters. The van der Waals surface area contributed by atoms with Crippen molar-refractivity contribution in [2.24, 2.45) is 5.73 Å². The predicted octanol–water partition coefficient (Wildman–Crippen LogP) is 4.89. The summed E-state index contributed by atoms with van der Waals surface area (Å²) in [6.45, 7) is 0. The van der Waals surface area contributed by atoms with Gasteiger partial charge in [-0.2, -0.15) is 0 Å². The van der Waals surface area contributed by atoms with Crippen LogP contribution in [0.3, 0.4) is 0 Å². The zero-order chi connectivity index (χ0) is 21.8. The molecule has 8 heteroatoms. The van der Waals surface area contributed by atoms with Gasteiger partial charge >= 0.3 is 0 Å². The maximum atomic E-state index is 12.5. The van der Waals surface area contributed by atoms with Gasteiger partial charge in [0.2, 0.25) is 11.8 Å². The average Bonchev–Trinajstić information content (AvgIpc) is 2.78. The third-order valence-corrected chi connectivity index (χ3v) is 5.98. The van der Waals surface area contributed by atoms with Crippen molar-refractivity contribution < 1.29 is 9.59 Å². The van der Waals surface area contributed by atoms with E-state index in [0.717, 1.165) is 26.0 Å². The van der Waals surface area contributed by atoms with Crippen LogP contribution in [0.4, 0.5) is 5.69 Å². The van der Waals surface area contributed by atoms with Crippen LogP contribution in [0.2, 0.25) is 0 Å². The number of carbonyl (C=O) groups is 2. The molecule has 31 heavy (non-hydrogen) atoms. The van der Waals surface area contributed by atoms with Crippen LogP contribution in [0.1, 0.15) is 10.4 Å². The molecule has 0 unspecified atom stereocenters. The van der Waals surface area contributed by atoms with Gasteiger partial charge in [-0.15, -0.1) is 0 Å². The average molecular weight is 493 g/mol. The Labute approximate surface area is 191 Å². The Morgan fingerprint density at radius 3 is 2.35 bits per heavy atom. The van der Waals surface area contributed by atoms with Gasteiger partial charge in [-0.25, -0.2) is 9.97 Å². The number of nitrogens with two attached hydrogens (primary N) is 1. The van der Waals surface area contributed by atoms with Gasteiger partial charge in [0, 0.05) is 26.7 Å². The molecule has 6 nitrogen and oxygen atoms in total. The zero-order valence-corrected chi connectivity index (χ0v) is 18.6. The number of benzene rings is 3. The van der Waals surface area contributed by atoms with Crippen LogP contribution >= 0.6 is 27.7 Å². The molecule has 0 spiro atoms. The molecule has 3 N–H and O–H groups in total. The highest BCUT2D eigenvalue weighted by atomic mass is 79.9. The highest BCUT2D eigenvalue weighted by molar-refractivity contribution is 9.10. The Kier molecular flexibility index (Phi) is 6.29. The van der Waals surface area contributed by atoms with E-state index in [1.165, 1.54) is 11.8 Å². The van der Waals surface area contributed by atoms with Crippen LogP contribution in [0.5, 0.6) is 0 Å². The van der Waals surface area contributed by atoms with E-state index < -0.39 is 5.91 Å². The number of halogens is 1. The number of nitrogens with zero attached hydrogens (tertiary/aromatic N) is 2. The van der Waals surface area contributed by atoms with Gasteiger partial charge in [0.05, 0.1) is 11.3 Å². The molecule has 1 heterocycles. The van der Waals surface area contributed by atoms with Crippen molar-refractivity contribution in [2.45, 2.75) is 5.03 Å². The molecular weight excluding hydrogens is 476 g/mol. The molecule has 0 fully saturated rings. The van der Waals surface area contributed by atoms with E-state index in [4.69, 9.17) is 10.7 Å². The Morgan fingerprint density at radius 1 is 0.935 bits per heavy atom. The van der Waals surface area contributed by atoms with Gasteiger partial charge in [-0.1, -0.05) is 58.0 Å². The monoisotopic (exact) mass is 492 g/mol. The first-order valence-electron chi connectivity index (χ1n) is 9.35. The van der Waals surface area contributed by atoms with Crippen LogP contribution in [0.25, 0.3) is 22.3 Å². The summed E-state index contributed by atoms with van der Waals surface area (Å²) in [6, 6.07) is 22.0. The lowest BCUT2D eigenvalue weighted by Gasteiger charge is -2.09. The number of anilines is 1. The smallest absolute Gasteiger partial charge is 0.248 e. The fraction of sp³-hybridized carbons (Fsp3) is 0.0435. The van der Waals surface area contributed by atoms with Crippen LogP contribution in [0.15, 0.2) is 82.3 Å². The molecule has 4 aromatic rings. The maximum absolute atomic E-state index is 12.5. The van der Waals surface area contributed by atoms with Crippen molar-refractivity contribution in [1.29, 1.82) is 0 Å². The van der Waals surface area contributed by atoms with Crippen molar-refractivity contribution >= 4 is 56.1 Å². The fourth-order valence-corrected chi connectivity index (χ4v) is 4.02. The Bertz CT molecular complexity index is 1260. The van der Waals surface area contributed by atoms with E-state index in [1.807, 2.05) is 48.5 Å². The van der Waals surface area contributed by atoms with Crippen molar-refractivity contribution in [3.05, 3.63) is 82.8 Å². The quantitative estimate of drug-likeness (QED) is 0.295. The largest absolute Gasteiger partial charge is 0.366 e. The normalized spacial score (nSPS) is 10.7. The second-order valence-electron chi connectivity index (χ2n) is 6.65. The molecule has 0 saturated heterocycles. The van der Waals surface area contributed by atoms with E-state index in [0.29, 0.717) is 17.1 Å². The number of fused-ring (bicyclic) bond motifs is 1. The van der Waals surface area contributed by atoms with E-state index >= 15 is 0 Å². The molecule has 1 aromatic heterocycles. The summed E-state index contributed by atoms with van der Waals surface area (Å²) < 4.78 is 0.979. The van der Waals surface area contributed by atoms with Gasteiger partial charge in [-0.3, -0.25) is 9.59 Å². The minimum Gasteiger partial charge on any atom is -0.366 e. The summed E-state index contributed by atoms with van der Waals surface area (Å²) in [4.78, 5) is 33.0. The summed E-state index contributed by atoms with van der Waals surface area (Å²) in [5.74, 6) is 0.102. The standard InChI is InChI=1S/C23H17BrN4O2S/c24-16-9-5-15(6-10-16)22-27-19-4-2-1-3-18(19)23(28-22)31-13-20(29)26-17-11-7-14(8-12-17)21(25)30/h1-12H,13H2,(H2,25,30)(H,26,29). The number of rotatable bonds is 6. The summed E-state index contributed by atoms with van der Waals surface area (Å²) in [5, 5.41) is 4.45. The Hall–Kier alpha value is -3.23. The molecule has 0 saturated carbocycles. The second kappa shape index (κ2) is 9.28. The summed E-state index contributed by atoms with van der Waals surface area (Å²) in [5.41, 5.74) is 7.94. The van der Waals surface area contributed by atoms with Crippen LogP contribution in [0, 0.1) is 0 Å². The number of amides is 2.